The number of aliphatic carboxylic acids is 1. The van der Waals surface area contributed by atoms with Gasteiger partial charge in [-0.3, -0.25) is 9.69 Å². The number of carbonyl (C=O) groups is 1. The van der Waals surface area contributed by atoms with Crippen molar-refractivity contribution in [2.45, 2.75) is 44.7 Å². The molecule has 2 fully saturated rings. The minimum absolute atomic E-state index is 0. The third kappa shape index (κ3) is 3.17. The lowest BCUT2D eigenvalue weighted by molar-refractivity contribution is -0.147. The largest absolute Gasteiger partial charge is 0.481 e. The summed E-state index contributed by atoms with van der Waals surface area (Å²) in [7, 11) is 0. The number of hydrogen-bond donors (Lipinski definition) is 2. The Labute approximate surface area is 117 Å². The lowest BCUT2D eigenvalue weighted by Crippen LogP contribution is -2.46. The molecule has 0 spiro atoms. The Bertz CT molecular complexity index is 353. The zero-order valence-corrected chi connectivity index (χ0v) is 12.0. The van der Waals surface area contributed by atoms with Crippen LogP contribution >= 0.6 is 12.4 Å². The predicted molar refractivity (Wildman–Crippen MR) is 70.0 cm³/mol. The van der Waals surface area contributed by atoms with Crippen molar-refractivity contribution < 1.29 is 18.7 Å². The summed E-state index contributed by atoms with van der Waals surface area (Å²) in [4.78, 5) is 12.7. The average Bonchev–Trinajstić information content (AvgIpc) is 2.78. The second kappa shape index (κ2) is 5.50. The predicted octanol–water partition coefficient (Wildman–Crippen LogP) is 1.59. The van der Waals surface area contributed by atoms with Gasteiger partial charge in [0, 0.05) is 12.6 Å². The fourth-order valence-corrected chi connectivity index (χ4v) is 2.78. The lowest BCUT2D eigenvalue weighted by atomic mass is 9.89. The molecule has 0 aromatic rings. The van der Waals surface area contributed by atoms with Crippen LogP contribution in [0.15, 0.2) is 0 Å². The molecule has 0 saturated carbocycles. The standard InChI is InChI=1S/C12H20F2N2O2.ClH/c1-11(2,10(17)18)4-6-16-5-3-8-9(16)12(13,14)7-15-8;/h8-9,15H,3-7H2,1-2H3,(H,17,18);1H. The van der Waals surface area contributed by atoms with Gasteiger partial charge in [0.15, 0.2) is 0 Å². The van der Waals surface area contributed by atoms with Crippen LogP contribution in [0.25, 0.3) is 0 Å². The Morgan fingerprint density at radius 2 is 2.16 bits per heavy atom. The molecule has 19 heavy (non-hydrogen) atoms. The van der Waals surface area contributed by atoms with Crippen molar-refractivity contribution in [3.05, 3.63) is 0 Å². The van der Waals surface area contributed by atoms with Crippen molar-refractivity contribution in [1.29, 1.82) is 0 Å². The maximum Gasteiger partial charge on any atom is 0.309 e. The van der Waals surface area contributed by atoms with E-state index in [0.29, 0.717) is 25.9 Å². The summed E-state index contributed by atoms with van der Waals surface area (Å²) >= 11 is 0. The van der Waals surface area contributed by atoms with E-state index in [1.165, 1.54) is 0 Å². The third-order valence-corrected chi connectivity index (χ3v) is 4.14. The molecule has 0 aromatic carbocycles. The Morgan fingerprint density at radius 3 is 2.74 bits per heavy atom. The van der Waals surface area contributed by atoms with Crippen LogP contribution < -0.4 is 5.32 Å². The number of alkyl halides is 2. The first-order valence-corrected chi connectivity index (χ1v) is 6.33. The highest BCUT2D eigenvalue weighted by atomic mass is 35.5. The van der Waals surface area contributed by atoms with Gasteiger partial charge in [0.2, 0.25) is 0 Å². The summed E-state index contributed by atoms with van der Waals surface area (Å²) in [5.41, 5.74) is -0.862. The molecule has 2 aliphatic rings. The number of nitrogens with zero attached hydrogens (tertiary/aromatic N) is 1. The maximum absolute atomic E-state index is 13.7. The van der Waals surface area contributed by atoms with Gasteiger partial charge in [-0.1, -0.05) is 0 Å². The lowest BCUT2D eigenvalue weighted by Gasteiger charge is -2.30. The first-order valence-electron chi connectivity index (χ1n) is 6.33. The maximum atomic E-state index is 13.7. The highest BCUT2D eigenvalue weighted by Crippen LogP contribution is 2.37. The van der Waals surface area contributed by atoms with Crippen molar-refractivity contribution in [3.8, 4) is 0 Å². The summed E-state index contributed by atoms with van der Waals surface area (Å²) in [5, 5.41) is 11.9. The van der Waals surface area contributed by atoms with E-state index in [9.17, 15) is 13.6 Å². The van der Waals surface area contributed by atoms with E-state index in [1.54, 1.807) is 18.7 Å². The van der Waals surface area contributed by atoms with Crippen LogP contribution in [0.1, 0.15) is 26.7 Å². The zero-order chi connectivity index (χ0) is 13.6. The first-order chi connectivity index (χ1) is 8.24. The topological polar surface area (TPSA) is 52.6 Å². The number of likely N-dealkylation sites (tertiary alicyclic amines) is 1. The third-order valence-electron chi connectivity index (χ3n) is 4.14. The highest BCUT2D eigenvalue weighted by Gasteiger charge is 2.55. The highest BCUT2D eigenvalue weighted by molar-refractivity contribution is 5.85. The summed E-state index contributed by atoms with van der Waals surface area (Å²) in [6.45, 7) is 4.04. The van der Waals surface area contributed by atoms with Crippen LogP contribution in [-0.4, -0.2) is 53.6 Å². The molecule has 2 aliphatic heterocycles. The van der Waals surface area contributed by atoms with Crippen molar-refractivity contribution in [1.82, 2.24) is 10.2 Å². The van der Waals surface area contributed by atoms with Gasteiger partial charge < -0.3 is 10.4 Å². The van der Waals surface area contributed by atoms with E-state index >= 15 is 0 Å². The second-order valence-electron chi connectivity index (χ2n) is 5.96. The molecule has 0 aliphatic carbocycles. The van der Waals surface area contributed by atoms with E-state index in [0.717, 1.165) is 0 Å². The van der Waals surface area contributed by atoms with Crippen LogP contribution in [-0.2, 0) is 4.79 Å². The molecule has 2 heterocycles. The SMILES string of the molecule is CC(C)(CCN1CCC2NCC(F)(F)C21)C(=O)O.Cl. The minimum Gasteiger partial charge on any atom is -0.481 e. The molecule has 2 N–H and O–H groups in total. The molecular weight excluding hydrogens is 278 g/mol. The molecule has 2 unspecified atom stereocenters. The van der Waals surface area contributed by atoms with Gasteiger partial charge in [-0.2, -0.15) is 0 Å². The van der Waals surface area contributed by atoms with Gasteiger partial charge in [0.1, 0.15) is 0 Å². The van der Waals surface area contributed by atoms with E-state index in [4.69, 9.17) is 5.11 Å². The van der Waals surface area contributed by atoms with E-state index in [1.807, 2.05) is 0 Å². The van der Waals surface area contributed by atoms with E-state index in [2.05, 4.69) is 5.32 Å². The Hall–Kier alpha value is -0.460. The van der Waals surface area contributed by atoms with Crippen LogP contribution in [0.3, 0.4) is 0 Å². The van der Waals surface area contributed by atoms with Gasteiger partial charge in [-0.05, 0) is 33.2 Å². The number of halogens is 3. The van der Waals surface area contributed by atoms with Crippen LogP contribution in [0.4, 0.5) is 8.78 Å². The first kappa shape index (κ1) is 16.6. The molecule has 0 amide bonds. The fraction of sp³-hybridized carbons (Fsp3) is 0.917. The van der Waals surface area contributed by atoms with Crippen molar-refractivity contribution in [3.63, 3.8) is 0 Å². The Kier molecular flexibility index (Phi) is 4.80. The summed E-state index contributed by atoms with van der Waals surface area (Å²) in [6, 6.07) is -0.907. The van der Waals surface area contributed by atoms with Gasteiger partial charge in [0.05, 0.1) is 18.0 Å². The number of hydrogen-bond acceptors (Lipinski definition) is 3. The van der Waals surface area contributed by atoms with Crippen LogP contribution in [0, 0.1) is 5.41 Å². The second-order valence-corrected chi connectivity index (χ2v) is 5.96. The minimum atomic E-state index is -2.70. The molecule has 0 radical (unpaired) electrons. The normalized spacial score (nSPS) is 29.9. The van der Waals surface area contributed by atoms with Crippen molar-refractivity contribution >= 4 is 18.4 Å². The van der Waals surface area contributed by atoms with Gasteiger partial charge in [-0.25, -0.2) is 8.78 Å². The molecule has 4 nitrogen and oxygen atoms in total. The molecule has 2 atom stereocenters. The van der Waals surface area contributed by atoms with Gasteiger partial charge in [-0.15, -0.1) is 12.4 Å². The van der Waals surface area contributed by atoms with Gasteiger partial charge >= 0.3 is 5.97 Å². The molecule has 112 valence electrons. The molecule has 7 heteroatoms. The molecule has 0 bridgehead atoms. The Balaban J connectivity index is 0.00000180. The number of fused-ring (bicyclic) bond motifs is 1. The van der Waals surface area contributed by atoms with Crippen LogP contribution in [0.2, 0.25) is 0 Å². The molecule has 2 rings (SSSR count). The molecular formula is C12H21ClF2N2O2. The fourth-order valence-electron chi connectivity index (χ4n) is 2.78. The van der Waals surface area contributed by atoms with E-state index in [-0.39, 0.29) is 25.0 Å². The molecule has 0 aromatic heterocycles. The molecule has 2 saturated heterocycles. The summed E-state index contributed by atoms with van der Waals surface area (Å²) in [5.74, 6) is -3.58. The number of carboxylic acids is 1. The number of nitrogens with one attached hydrogen (secondary N) is 1. The van der Waals surface area contributed by atoms with Crippen LogP contribution in [0.5, 0.6) is 0 Å². The van der Waals surface area contributed by atoms with Crippen molar-refractivity contribution in [2.24, 2.45) is 5.41 Å². The van der Waals surface area contributed by atoms with E-state index < -0.39 is 23.3 Å². The number of carboxylic acid groups (broad SMARTS) is 1. The van der Waals surface area contributed by atoms with Crippen molar-refractivity contribution in [2.75, 3.05) is 19.6 Å². The van der Waals surface area contributed by atoms with Gasteiger partial charge in [0.25, 0.3) is 5.92 Å². The average molecular weight is 299 g/mol. The zero-order valence-electron chi connectivity index (χ0n) is 11.2. The summed E-state index contributed by atoms with van der Waals surface area (Å²) < 4.78 is 27.4. The number of rotatable bonds is 4. The quantitative estimate of drug-likeness (QED) is 0.828. The Morgan fingerprint density at radius 1 is 1.53 bits per heavy atom. The smallest absolute Gasteiger partial charge is 0.309 e. The monoisotopic (exact) mass is 298 g/mol. The summed E-state index contributed by atoms with van der Waals surface area (Å²) in [6.07, 6.45) is 1.11.